The van der Waals surface area contributed by atoms with Crippen molar-refractivity contribution in [3.63, 3.8) is 0 Å². The molecule has 0 unspecified atom stereocenters. The number of carbonyl (C=O) groups is 2. The third-order valence-electron chi connectivity index (χ3n) is 5.36. The van der Waals surface area contributed by atoms with E-state index in [1.165, 1.54) is 0 Å². The van der Waals surface area contributed by atoms with E-state index in [0.29, 0.717) is 18.5 Å². The summed E-state index contributed by atoms with van der Waals surface area (Å²) in [5.74, 6) is -0.383. The number of hydrazone groups is 1. The maximum absolute atomic E-state index is 13.1. The lowest BCUT2D eigenvalue weighted by Crippen LogP contribution is -2.47. The zero-order valence-corrected chi connectivity index (χ0v) is 17.2. The molecule has 0 saturated carbocycles. The highest BCUT2D eigenvalue weighted by Gasteiger charge is 2.36. The zero-order chi connectivity index (χ0) is 21.8. The fraction of sp³-hybridized carbons (Fsp3) is 0.160. The SMILES string of the molecule is Cc1ccc(/C=N\NC(=O)[C@@H](Cc2ccc(O)cc2)N2Cc3ccccc3C2=O)cc1. The molecular formula is C25H23N3O3. The lowest BCUT2D eigenvalue weighted by atomic mass is 10.0. The van der Waals surface area contributed by atoms with Gasteiger partial charge in [0.05, 0.1) is 6.21 Å². The predicted octanol–water partition coefficient (Wildman–Crippen LogP) is 3.42. The standard InChI is InChI=1S/C25H23N3O3/c1-17-6-8-19(9-7-17)15-26-27-24(30)23(14-18-10-12-21(29)13-11-18)28-16-20-4-2-3-5-22(20)25(28)31/h2-13,15,23,29H,14,16H2,1H3,(H,27,30)/b26-15-/t23-/m1/s1. The number of aryl methyl sites for hydroxylation is 1. The summed E-state index contributed by atoms with van der Waals surface area (Å²) in [7, 11) is 0. The van der Waals surface area contributed by atoms with Crippen molar-refractivity contribution in [3.8, 4) is 5.75 Å². The fourth-order valence-corrected chi connectivity index (χ4v) is 3.63. The molecule has 0 aromatic heterocycles. The van der Waals surface area contributed by atoms with Crippen LogP contribution in [0.4, 0.5) is 0 Å². The minimum absolute atomic E-state index is 0.150. The average Bonchev–Trinajstić information content (AvgIpc) is 3.11. The highest BCUT2D eigenvalue weighted by molar-refractivity contribution is 6.01. The van der Waals surface area contributed by atoms with E-state index in [0.717, 1.165) is 22.3 Å². The van der Waals surface area contributed by atoms with Crippen molar-refractivity contribution in [2.24, 2.45) is 5.10 Å². The van der Waals surface area contributed by atoms with Crippen LogP contribution in [0.15, 0.2) is 77.9 Å². The van der Waals surface area contributed by atoms with Gasteiger partial charge >= 0.3 is 0 Å². The van der Waals surface area contributed by atoms with Crippen LogP contribution in [0.1, 0.15) is 32.6 Å². The molecular weight excluding hydrogens is 390 g/mol. The molecule has 0 spiro atoms. The molecule has 1 aliphatic heterocycles. The molecule has 3 aromatic carbocycles. The highest BCUT2D eigenvalue weighted by Crippen LogP contribution is 2.26. The third kappa shape index (κ3) is 4.64. The molecule has 2 amide bonds. The number of nitrogens with zero attached hydrogens (tertiary/aromatic N) is 2. The van der Waals surface area contributed by atoms with E-state index in [-0.39, 0.29) is 17.6 Å². The molecule has 0 bridgehead atoms. The normalized spacial score (nSPS) is 14.0. The molecule has 0 fully saturated rings. The monoisotopic (exact) mass is 413 g/mol. The first kappa shape index (κ1) is 20.3. The van der Waals surface area contributed by atoms with Gasteiger partial charge in [-0.05, 0) is 41.8 Å². The molecule has 0 saturated heterocycles. The van der Waals surface area contributed by atoms with Crippen LogP contribution in [0.25, 0.3) is 0 Å². The zero-order valence-electron chi connectivity index (χ0n) is 17.2. The number of carbonyl (C=O) groups excluding carboxylic acids is 2. The van der Waals surface area contributed by atoms with Gasteiger partial charge in [0.1, 0.15) is 11.8 Å². The van der Waals surface area contributed by atoms with E-state index in [2.05, 4.69) is 10.5 Å². The first-order valence-electron chi connectivity index (χ1n) is 10.1. The Morgan fingerprint density at radius 1 is 1.10 bits per heavy atom. The van der Waals surface area contributed by atoms with Crippen molar-refractivity contribution >= 4 is 18.0 Å². The van der Waals surface area contributed by atoms with Crippen molar-refractivity contribution in [2.75, 3.05) is 0 Å². The van der Waals surface area contributed by atoms with Gasteiger partial charge in [-0.15, -0.1) is 0 Å². The van der Waals surface area contributed by atoms with E-state index in [9.17, 15) is 14.7 Å². The number of hydrogen-bond acceptors (Lipinski definition) is 4. The van der Waals surface area contributed by atoms with Gasteiger partial charge in [0.15, 0.2) is 0 Å². The Kier molecular flexibility index (Phi) is 5.80. The number of nitrogens with one attached hydrogen (secondary N) is 1. The summed E-state index contributed by atoms with van der Waals surface area (Å²) in [5.41, 5.74) is 6.96. The van der Waals surface area contributed by atoms with E-state index < -0.39 is 6.04 Å². The number of rotatable bonds is 6. The van der Waals surface area contributed by atoms with Gasteiger partial charge in [-0.25, -0.2) is 5.43 Å². The largest absolute Gasteiger partial charge is 0.508 e. The van der Waals surface area contributed by atoms with Gasteiger partial charge in [-0.3, -0.25) is 9.59 Å². The molecule has 6 nitrogen and oxygen atoms in total. The number of aromatic hydroxyl groups is 1. The van der Waals surface area contributed by atoms with Crippen molar-refractivity contribution in [1.29, 1.82) is 0 Å². The topological polar surface area (TPSA) is 82.0 Å². The van der Waals surface area contributed by atoms with E-state index in [1.807, 2.05) is 49.4 Å². The van der Waals surface area contributed by atoms with Crippen LogP contribution in [0.3, 0.4) is 0 Å². The summed E-state index contributed by atoms with van der Waals surface area (Å²) in [4.78, 5) is 27.6. The van der Waals surface area contributed by atoms with Crippen LogP contribution < -0.4 is 5.43 Å². The number of phenols is 1. The van der Waals surface area contributed by atoms with Crippen LogP contribution in [0.2, 0.25) is 0 Å². The van der Waals surface area contributed by atoms with Crippen LogP contribution in [0, 0.1) is 6.92 Å². The molecule has 6 heteroatoms. The van der Waals surface area contributed by atoms with Crippen molar-refractivity contribution < 1.29 is 14.7 Å². The summed E-state index contributed by atoms with van der Waals surface area (Å²) in [5, 5.41) is 13.6. The summed E-state index contributed by atoms with van der Waals surface area (Å²) in [6, 6.07) is 21.1. The van der Waals surface area contributed by atoms with Crippen molar-refractivity contribution in [3.05, 3.63) is 101 Å². The van der Waals surface area contributed by atoms with Gasteiger partial charge in [0.25, 0.3) is 11.8 Å². The van der Waals surface area contributed by atoms with Gasteiger partial charge in [0, 0.05) is 18.5 Å². The Labute approximate surface area is 180 Å². The van der Waals surface area contributed by atoms with E-state index >= 15 is 0 Å². The predicted molar refractivity (Wildman–Crippen MR) is 119 cm³/mol. The minimum Gasteiger partial charge on any atom is -0.508 e. The number of hydrogen-bond donors (Lipinski definition) is 2. The van der Waals surface area contributed by atoms with Crippen LogP contribution >= 0.6 is 0 Å². The molecule has 0 aliphatic carbocycles. The average molecular weight is 413 g/mol. The molecule has 156 valence electrons. The second-order valence-electron chi connectivity index (χ2n) is 7.62. The summed E-state index contributed by atoms with van der Waals surface area (Å²) in [6.07, 6.45) is 1.89. The smallest absolute Gasteiger partial charge is 0.263 e. The summed E-state index contributed by atoms with van der Waals surface area (Å²) in [6.45, 7) is 2.37. The van der Waals surface area contributed by atoms with E-state index in [4.69, 9.17) is 0 Å². The molecule has 31 heavy (non-hydrogen) atoms. The molecule has 0 radical (unpaired) electrons. The quantitative estimate of drug-likeness (QED) is 0.480. The lowest BCUT2D eigenvalue weighted by molar-refractivity contribution is -0.125. The van der Waals surface area contributed by atoms with Crippen molar-refractivity contribution in [1.82, 2.24) is 10.3 Å². The number of phenolic OH excluding ortho intramolecular Hbond substituents is 1. The summed E-state index contributed by atoms with van der Waals surface area (Å²) < 4.78 is 0. The second-order valence-corrected chi connectivity index (χ2v) is 7.62. The van der Waals surface area contributed by atoms with Crippen LogP contribution in [-0.4, -0.2) is 34.1 Å². The Bertz CT molecular complexity index is 1120. The Morgan fingerprint density at radius 3 is 2.52 bits per heavy atom. The third-order valence-corrected chi connectivity index (χ3v) is 5.36. The Balaban J connectivity index is 1.54. The van der Waals surface area contributed by atoms with Crippen LogP contribution in [0.5, 0.6) is 5.75 Å². The lowest BCUT2D eigenvalue weighted by Gasteiger charge is -2.26. The van der Waals surface area contributed by atoms with Gasteiger partial charge in [0.2, 0.25) is 0 Å². The summed E-state index contributed by atoms with van der Waals surface area (Å²) >= 11 is 0. The molecule has 1 atom stereocenters. The maximum atomic E-state index is 13.1. The maximum Gasteiger partial charge on any atom is 0.263 e. The first-order chi connectivity index (χ1) is 15.0. The number of fused-ring (bicyclic) bond motifs is 1. The van der Waals surface area contributed by atoms with Gasteiger partial charge < -0.3 is 10.0 Å². The first-order valence-corrected chi connectivity index (χ1v) is 10.1. The molecule has 1 heterocycles. The second kappa shape index (κ2) is 8.83. The van der Waals surface area contributed by atoms with Crippen LogP contribution in [-0.2, 0) is 17.8 Å². The van der Waals surface area contributed by atoms with E-state index in [1.54, 1.807) is 41.4 Å². The Morgan fingerprint density at radius 2 is 1.81 bits per heavy atom. The highest BCUT2D eigenvalue weighted by atomic mass is 16.3. The van der Waals surface area contributed by atoms with Crippen molar-refractivity contribution in [2.45, 2.75) is 25.9 Å². The fourth-order valence-electron chi connectivity index (χ4n) is 3.63. The van der Waals surface area contributed by atoms with Gasteiger partial charge in [-0.1, -0.05) is 60.2 Å². The molecule has 2 N–H and O–H groups in total. The number of benzene rings is 3. The number of amides is 2. The molecule has 1 aliphatic rings. The molecule has 3 aromatic rings. The Hall–Kier alpha value is -3.93. The van der Waals surface area contributed by atoms with Gasteiger partial charge in [-0.2, -0.15) is 5.10 Å². The molecule has 4 rings (SSSR count). The minimum atomic E-state index is -0.736.